The highest BCUT2D eigenvalue weighted by atomic mass is 32.2. The second-order valence-corrected chi connectivity index (χ2v) is 12.7. The van der Waals surface area contributed by atoms with Gasteiger partial charge in [0.1, 0.15) is 6.33 Å². The average molecular weight is 579 g/mol. The molecule has 2 fully saturated rings. The first kappa shape index (κ1) is 28.5. The monoisotopic (exact) mass is 578 g/mol. The Kier molecular flexibility index (Phi) is 7.98. The van der Waals surface area contributed by atoms with Crippen LogP contribution >= 0.6 is 0 Å². The average Bonchev–Trinajstić information content (AvgIpc) is 3.90. The van der Waals surface area contributed by atoms with Crippen molar-refractivity contribution < 1.29 is 13.2 Å². The van der Waals surface area contributed by atoms with Gasteiger partial charge in [-0.2, -0.15) is 0 Å². The van der Waals surface area contributed by atoms with Crippen molar-refractivity contribution in [3.63, 3.8) is 0 Å². The van der Waals surface area contributed by atoms with Gasteiger partial charge in [-0.25, -0.2) is 33.4 Å². The van der Waals surface area contributed by atoms with Crippen molar-refractivity contribution >= 4 is 39.7 Å². The molecule has 1 atom stereocenters. The lowest BCUT2D eigenvalue weighted by atomic mass is 10.1. The Hall–Kier alpha value is -4.00. The molecule has 0 amide bonds. The number of hydrogen-bond acceptors (Lipinski definition) is 11. The molecule has 3 heterocycles. The molecule has 13 heteroatoms. The van der Waals surface area contributed by atoms with Gasteiger partial charge in [-0.15, -0.1) is 0 Å². The van der Waals surface area contributed by atoms with Crippen molar-refractivity contribution in [2.24, 2.45) is 15.9 Å². The molecular formula is C28H34N8O4S. The maximum atomic E-state index is 13.9. The van der Waals surface area contributed by atoms with Gasteiger partial charge < -0.3 is 10.1 Å². The molecule has 0 saturated heterocycles. The number of rotatable bonds is 12. The van der Waals surface area contributed by atoms with Crippen molar-refractivity contribution in [2.75, 3.05) is 18.2 Å². The van der Waals surface area contributed by atoms with E-state index in [1.165, 1.54) is 18.6 Å². The highest BCUT2D eigenvalue weighted by Gasteiger charge is 2.34. The number of aliphatic imine (C=N–C) groups is 2. The van der Waals surface area contributed by atoms with Crippen molar-refractivity contribution in [1.29, 1.82) is 0 Å². The minimum Gasteiger partial charge on any atom is -0.480 e. The number of ether oxygens (including phenoxy) is 1. The lowest BCUT2D eigenvalue weighted by molar-refractivity contribution is 0.395. The van der Waals surface area contributed by atoms with Crippen LogP contribution in [0.25, 0.3) is 0 Å². The van der Waals surface area contributed by atoms with Gasteiger partial charge in [0.15, 0.2) is 27.3 Å². The van der Waals surface area contributed by atoms with Gasteiger partial charge >= 0.3 is 0 Å². The molecule has 2 aliphatic carbocycles. The molecule has 3 aromatic rings. The summed E-state index contributed by atoms with van der Waals surface area (Å²) in [6.45, 7) is 9.30. The Balaban J connectivity index is 1.54. The smallest absolute Gasteiger partial charge is 0.295 e. The number of nitrogens with zero attached hydrogens (tertiary/aromatic N) is 7. The van der Waals surface area contributed by atoms with Crippen LogP contribution in [0.15, 0.2) is 44.3 Å². The number of aromatic nitrogens is 5. The molecule has 0 aromatic carbocycles. The molecular weight excluding hydrogens is 544 g/mol. The number of hydrogen-bond donors (Lipinski definition) is 1. The van der Waals surface area contributed by atoms with Gasteiger partial charge in [0.25, 0.3) is 5.56 Å². The second-order valence-electron chi connectivity index (χ2n) is 10.4. The van der Waals surface area contributed by atoms with Crippen LogP contribution in [-0.2, 0) is 16.4 Å². The Morgan fingerprint density at radius 3 is 2.56 bits per heavy atom. The van der Waals surface area contributed by atoms with E-state index < -0.39 is 9.84 Å². The summed E-state index contributed by atoms with van der Waals surface area (Å²) in [7, 11) is -1.79. The molecule has 0 spiro atoms. The Morgan fingerprint density at radius 1 is 1.22 bits per heavy atom. The van der Waals surface area contributed by atoms with Crippen molar-refractivity contribution in [3.8, 4) is 5.88 Å². The molecule has 5 rings (SSSR count). The van der Waals surface area contributed by atoms with Crippen LogP contribution in [0.2, 0.25) is 0 Å². The fraction of sp³-hybridized carbons (Fsp3) is 0.464. The van der Waals surface area contributed by atoms with Crippen LogP contribution < -0.4 is 15.6 Å². The predicted octanol–water partition coefficient (Wildman–Crippen LogP) is 4.16. The highest BCUT2D eigenvalue weighted by Crippen LogP contribution is 2.44. The van der Waals surface area contributed by atoms with E-state index in [-0.39, 0.29) is 40.4 Å². The molecule has 1 N–H and O–H groups in total. The fourth-order valence-electron chi connectivity index (χ4n) is 4.81. The minimum absolute atomic E-state index is 0.00742. The third kappa shape index (κ3) is 5.90. The van der Waals surface area contributed by atoms with Crippen LogP contribution in [0.3, 0.4) is 0 Å². The standard InChI is InChI=1S/C28H34N8O4S/c1-6-41(38,39)21-12-11-20(30-14-21)13-31-25-28(37)36(17(3)18-7-8-18)26(24(29-4)35-25)34-16(2)22-23(19-9-10-19)32-15-33-27(22)40-5/h11-12,14-15,17-19H,4,6-10,13H2,1-3,5H3,(H,31,35)/t17-/m0/s1. The number of methoxy groups -OCH3 is 1. The van der Waals surface area contributed by atoms with E-state index in [2.05, 4.69) is 37.0 Å². The van der Waals surface area contributed by atoms with Crippen LogP contribution in [0.4, 0.5) is 17.5 Å². The third-order valence-electron chi connectivity index (χ3n) is 7.54. The van der Waals surface area contributed by atoms with Gasteiger partial charge in [0.05, 0.1) is 47.0 Å². The first-order valence-corrected chi connectivity index (χ1v) is 15.3. The molecule has 41 heavy (non-hydrogen) atoms. The summed E-state index contributed by atoms with van der Waals surface area (Å²) >= 11 is 0. The maximum Gasteiger partial charge on any atom is 0.295 e. The summed E-state index contributed by atoms with van der Waals surface area (Å²) in [5.74, 6) is 1.69. The first-order valence-electron chi connectivity index (χ1n) is 13.7. The van der Waals surface area contributed by atoms with E-state index >= 15 is 0 Å². The van der Waals surface area contributed by atoms with Gasteiger partial charge in [0, 0.05) is 18.2 Å². The predicted molar refractivity (Wildman–Crippen MR) is 157 cm³/mol. The van der Waals surface area contributed by atoms with E-state index in [1.807, 2.05) is 13.8 Å². The molecule has 0 radical (unpaired) electrons. The molecule has 0 unspecified atom stereocenters. The van der Waals surface area contributed by atoms with Gasteiger partial charge in [-0.1, -0.05) is 6.92 Å². The van der Waals surface area contributed by atoms with Crippen LogP contribution in [0.5, 0.6) is 5.88 Å². The summed E-state index contributed by atoms with van der Waals surface area (Å²) in [5, 5.41) is 3.06. The molecule has 3 aromatic heterocycles. The van der Waals surface area contributed by atoms with Crippen molar-refractivity contribution in [1.82, 2.24) is 24.5 Å². The van der Waals surface area contributed by atoms with Gasteiger partial charge in [0.2, 0.25) is 5.88 Å². The molecule has 216 valence electrons. The van der Waals surface area contributed by atoms with Crippen LogP contribution in [0.1, 0.15) is 75.4 Å². The maximum absolute atomic E-state index is 13.9. The number of sulfone groups is 1. The number of pyridine rings is 1. The van der Waals surface area contributed by atoms with Crippen LogP contribution in [0, 0.1) is 5.92 Å². The Labute approximate surface area is 239 Å². The van der Waals surface area contributed by atoms with E-state index in [9.17, 15) is 13.2 Å². The largest absolute Gasteiger partial charge is 0.480 e. The minimum atomic E-state index is -3.35. The van der Waals surface area contributed by atoms with E-state index in [4.69, 9.17) is 9.73 Å². The van der Waals surface area contributed by atoms with E-state index in [0.717, 1.165) is 31.4 Å². The fourth-order valence-corrected chi connectivity index (χ4v) is 5.63. The summed E-state index contributed by atoms with van der Waals surface area (Å²) in [6, 6.07) is 2.98. The van der Waals surface area contributed by atoms with Crippen molar-refractivity contribution in [2.45, 2.75) is 69.9 Å². The highest BCUT2D eigenvalue weighted by molar-refractivity contribution is 7.91. The molecule has 0 bridgehead atoms. The number of anilines is 1. The molecule has 0 aliphatic heterocycles. The summed E-state index contributed by atoms with van der Waals surface area (Å²) in [6.07, 6.45) is 6.93. The van der Waals surface area contributed by atoms with E-state index in [1.54, 1.807) is 24.7 Å². The van der Waals surface area contributed by atoms with Gasteiger partial charge in [-0.3, -0.25) is 14.3 Å². The zero-order chi connectivity index (χ0) is 29.3. The quantitative estimate of drug-likeness (QED) is 0.312. The summed E-state index contributed by atoms with van der Waals surface area (Å²) in [5.41, 5.74) is 2.41. The normalized spacial score (nSPS) is 16.3. The molecule has 2 aliphatic rings. The van der Waals surface area contributed by atoms with Crippen molar-refractivity contribution in [3.05, 3.63) is 52.0 Å². The lowest BCUT2D eigenvalue weighted by Crippen LogP contribution is -2.28. The lowest BCUT2D eigenvalue weighted by Gasteiger charge is -2.20. The topological polar surface area (TPSA) is 154 Å². The third-order valence-corrected chi connectivity index (χ3v) is 9.26. The summed E-state index contributed by atoms with van der Waals surface area (Å²) in [4.78, 5) is 40.6. The zero-order valence-corrected chi connectivity index (χ0v) is 24.5. The van der Waals surface area contributed by atoms with Gasteiger partial charge in [-0.05, 0) is 64.3 Å². The number of nitrogens with one attached hydrogen (secondary N) is 1. The Morgan fingerprint density at radius 2 is 1.98 bits per heavy atom. The van der Waals surface area contributed by atoms with Crippen LogP contribution in [-0.4, -0.2) is 58.2 Å². The Bertz CT molecular complexity index is 1660. The van der Waals surface area contributed by atoms with E-state index in [0.29, 0.717) is 40.5 Å². The second kappa shape index (κ2) is 11.5. The first-order chi connectivity index (χ1) is 19.7. The molecule has 2 saturated carbocycles. The zero-order valence-electron chi connectivity index (χ0n) is 23.7. The summed E-state index contributed by atoms with van der Waals surface area (Å²) < 4.78 is 31.4. The SMILES string of the molecule is C=Nc1nc(NCc2ccc(S(=O)(=O)CC)cn2)c(=O)n([C@@H](C)C2CC2)c1N=C(C)c1c(OC)ncnc1C1CC1. The molecule has 12 nitrogen and oxygen atoms in total.